The van der Waals surface area contributed by atoms with Gasteiger partial charge in [-0.25, -0.2) is 0 Å². The van der Waals surface area contributed by atoms with Crippen LogP contribution in [0.2, 0.25) is 0 Å². The number of fused-ring (bicyclic) bond motifs is 1. The number of hydrogen-bond acceptors (Lipinski definition) is 4. The highest BCUT2D eigenvalue weighted by Gasteiger charge is 2.09. The van der Waals surface area contributed by atoms with E-state index in [4.69, 9.17) is 4.42 Å². The minimum Gasteiger partial charge on any atom is -0.459 e. The van der Waals surface area contributed by atoms with Gasteiger partial charge in [-0.15, -0.1) is 0 Å². The molecule has 5 nitrogen and oxygen atoms in total. The van der Waals surface area contributed by atoms with Crippen molar-refractivity contribution >= 4 is 38.3 Å². The molecule has 0 fully saturated rings. The molecule has 0 atom stereocenters. The Morgan fingerprint density at radius 2 is 2.00 bits per heavy atom. The van der Waals surface area contributed by atoms with Crippen molar-refractivity contribution in [1.29, 1.82) is 0 Å². The van der Waals surface area contributed by atoms with Crippen molar-refractivity contribution in [2.24, 2.45) is 0 Å². The van der Waals surface area contributed by atoms with Crippen LogP contribution in [0.25, 0.3) is 11.0 Å². The summed E-state index contributed by atoms with van der Waals surface area (Å²) in [4.78, 5) is 10.3. The molecule has 6 heteroatoms. The highest BCUT2D eigenvalue weighted by Crippen LogP contribution is 2.28. The molecule has 1 N–H and O–H groups in total. The van der Waals surface area contributed by atoms with E-state index >= 15 is 0 Å². The van der Waals surface area contributed by atoms with Gasteiger partial charge in [0.2, 0.25) is 0 Å². The first-order chi connectivity index (χ1) is 10.1. The molecule has 0 amide bonds. The standard InChI is InChI=1S/C15H11BrN2O3/c16-13-8-11(18(19)20)5-6-14(13)17-9-12-7-10-3-1-2-4-15(10)21-12/h1-8,17H,9H2. The van der Waals surface area contributed by atoms with Gasteiger partial charge in [0.1, 0.15) is 11.3 Å². The van der Waals surface area contributed by atoms with Crippen LogP contribution in [0.5, 0.6) is 0 Å². The molecule has 106 valence electrons. The van der Waals surface area contributed by atoms with Crippen LogP contribution in [0.4, 0.5) is 11.4 Å². The average Bonchev–Trinajstić information content (AvgIpc) is 2.88. The van der Waals surface area contributed by atoms with Crippen molar-refractivity contribution in [1.82, 2.24) is 0 Å². The summed E-state index contributed by atoms with van der Waals surface area (Å²) in [5, 5.41) is 14.9. The van der Waals surface area contributed by atoms with Crippen LogP contribution < -0.4 is 5.32 Å². The summed E-state index contributed by atoms with van der Waals surface area (Å²) in [5.41, 5.74) is 1.68. The van der Waals surface area contributed by atoms with Crippen LogP contribution in [0, 0.1) is 10.1 Å². The lowest BCUT2D eigenvalue weighted by Crippen LogP contribution is -1.99. The molecule has 0 radical (unpaired) electrons. The van der Waals surface area contributed by atoms with Crippen LogP contribution in [0.15, 0.2) is 57.4 Å². The molecule has 0 unspecified atom stereocenters. The number of hydrogen-bond donors (Lipinski definition) is 1. The van der Waals surface area contributed by atoms with E-state index in [2.05, 4.69) is 21.2 Å². The number of non-ortho nitro benzene ring substituents is 1. The largest absolute Gasteiger partial charge is 0.459 e. The lowest BCUT2D eigenvalue weighted by molar-refractivity contribution is -0.384. The molecule has 1 aromatic heterocycles. The Hall–Kier alpha value is -2.34. The predicted molar refractivity (Wildman–Crippen MR) is 84.3 cm³/mol. The smallest absolute Gasteiger partial charge is 0.270 e. The molecule has 0 saturated carbocycles. The number of halogens is 1. The van der Waals surface area contributed by atoms with Gasteiger partial charge in [-0.3, -0.25) is 10.1 Å². The molecular weight excluding hydrogens is 336 g/mol. The van der Waals surface area contributed by atoms with Gasteiger partial charge in [-0.2, -0.15) is 0 Å². The van der Waals surface area contributed by atoms with Crippen LogP contribution in [-0.2, 0) is 6.54 Å². The predicted octanol–water partition coefficient (Wildman–Crippen LogP) is 4.72. The Bertz CT molecular complexity index is 781. The maximum absolute atomic E-state index is 10.7. The van der Waals surface area contributed by atoms with Gasteiger partial charge >= 0.3 is 0 Å². The third-order valence-electron chi connectivity index (χ3n) is 3.09. The summed E-state index contributed by atoms with van der Waals surface area (Å²) in [6.45, 7) is 0.505. The molecule has 0 spiro atoms. The van der Waals surface area contributed by atoms with Gasteiger partial charge in [0.05, 0.1) is 11.5 Å². The Balaban J connectivity index is 1.76. The average molecular weight is 347 g/mol. The summed E-state index contributed by atoms with van der Waals surface area (Å²) in [5.74, 6) is 0.807. The molecule has 0 aliphatic carbocycles. The van der Waals surface area contributed by atoms with Gasteiger partial charge in [-0.1, -0.05) is 18.2 Å². The number of furan rings is 1. The van der Waals surface area contributed by atoms with Gasteiger partial charge in [-0.05, 0) is 34.1 Å². The number of nitrogens with one attached hydrogen (secondary N) is 1. The van der Waals surface area contributed by atoms with Crippen LogP contribution in [0.3, 0.4) is 0 Å². The van der Waals surface area contributed by atoms with Crippen LogP contribution >= 0.6 is 15.9 Å². The Labute approximate surface area is 128 Å². The van der Waals surface area contributed by atoms with E-state index in [1.165, 1.54) is 12.1 Å². The Kier molecular flexibility index (Phi) is 3.62. The molecule has 0 bridgehead atoms. The second-order valence-corrected chi connectivity index (χ2v) is 5.38. The second-order valence-electron chi connectivity index (χ2n) is 4.53. The number of benzene rings is 2. The number of rotatable bonds is 4. The van der Waals surface area contributed by atoms with E-state index in [1.807, 2.05) is 30.3 Å². The maximum Gasteiger partial charge on any atom is 0.270 e. The monoisotopic (exact) mass is 346 g/mol. The van der Waals surface area contributed by atoms with E-state index in [0.717, 1.165) is 22.4 Å². The molecule has 0 aliphatic heterocycles. The summed E-state index contributed by atoms with van der Waals surface area (Å²) in [6, 6.07) is 14.4. The highest BCUT2D eigenvalue weighted by molar-refractivity contribution is 9.10. The molecule has 21 heavy (non-hydrogen) atoms. The van der Waals surface area contributed by atoms with E-state index in [0.29, 0.717) is 11.0 Å². The lowest BCUT2D eigenvalue weighted by atomic mass is 10.2. The SMILES string of the molecule is O=[N+]([O-])c1ccc(NCc2cc3ccccc3o2)c(Br)c1. The molecular formula is C15H11BrN2O3. The first-order valence-corrected chi connectivity index (χ1v) is 7.08. The third kappa shape index (κ3) is 2.90. The number of nitro groups is 1. The highest BCUT2D eigenvalue weighted by atomic mass is 79.9. The zero-order valence-electron chi connectivity index (χ0n) is 10.9. The van der Waals surface area contributed by atoms with Crippen LogP contribution in [0.1, 0.15) is 5.76 Å². The Morgan fingerprint density at radius 1 is 1.19 bits per heavy atom. The molecule has 0 aliphatic rings. The topological polar surface area (TPSA) is 68.3 Å². The molecule has 0 saturated heterocycles. The fourth-order valence-corrected chi connectivity index (χ4v) is 2.57. The Morgan fingerprint density at radius 3 is 2.71 bits per heavy atom. The number of nitrogens with zero attached hydrogens (tertiary/aromatic N) is 1. The zero-order chi connectivity index (χ0) is 14.8. The number of anilines is 1. The van der Waals surface area contributed by atoms with E-state index in [9.17, 15) is 10.1 Å². The fraction of sp³-hybridized carbons (Fsp3) is 0.0667. The zero-order valence-corrected chi connectivity index (χ0v) is 12.5. The van der Waals surface area contributed by atoms with Crippen molar-refractivity contribution in [2.45, 2.75) is 6.54 Å². The number of nitro benzene ring substituents is 1. The van der Waals surface area contributed by atoms with Crippen molar-refractivity contribution in [3.63, 3.8) is 0 Å². The van der Waals surface area contributed by atoms with E-state index < -0.39 is 4.92 Å². The summed E-state index contributed by atoms with van der Waals surface area (Å²) in [6.07, 6.45) is 0. The molecule has 1 heterocycles. The second kappa shape index (κ2) is 5.57. The first-order valence-electron chi connectivity index (χ1n) is 6.29. The lowest BCUT2D eigenvalue weighted by Gasteiger charge is -2.06. The minimum atomic E-state index is -0.423. The van der Waals surface area contributed by atoms with Gasteiger partial charge in [0, 0.05) is 27.7 Å². The quantitative estimate of drug-likeness (QED) is 0.548. The molecule has 2 aromatic carbocycles. The van der Waals surface area contributed by atoms with Gasteiger partial charge < -0.3 is 9.73 Å². The van der Waals surface area contributed by atoms with E-state index in [-0.39, 0.29) is 5.69 Å². The third-order valence-corrected chi connectivity index (χ3v) is 3.75. The van der Waals surface area contributed by atoms with Crippen molar-refractivity contribution in [2.75, 3.05) is 5.32 Å². The van der Waals surface area contributed by atoms with Crippen LogP contribution in [-0.4, -0.2) is 4.92 Å². The summed E-state index contributed by atoms with van der Waals surface area (Å²) in [7, 11) is 0. The van der Waals surface area contributed by atoms with E-state index in [1.54, 1.807) is 6.07 Å². The molecule has 3 rings (SSSR count). The number of para-hydroxylation sites is 1. The fourth-order valence-electron chi connectivity index (χ4n) is 2.07. The summed E-state index contributed by atoms with van der Waals surface area (Å²) >= 11 is 3.33. The van der Waals surface area contributed by atoms with Crippen molar-refractivity contribution in [3.05, 3.63) is 68.9 Å². The summed E-state index contributed by atoms with van der Waals surface area (Å²) < 4.78 is 6.35. The van der Waals surface area contributed by atoms with Crippen molar-refractivity contribution < 1.29 is 9.34 Å². The van der Waals surface area contributed by atoms with Gasteiger partial charge in [0.15, 0.2) is 0 Å². The maximum atomic E-state index is 10.7. The first kappa shape index (κ1) is 13.6. The van der Waals surface area contributed by atoms with Gasteiger partial charge in [0.25, 0.3) is 5.69 Å². The normalized spacial score (nSPS) is 10.7. The minimum absolute atomic E-state index is 0.0520. The molecule has 3 aromatic rings. The van der Waals surface area contributed by atoms with Crippen molar-refractivity contribution in [3.8, 4) is 0 Å².